The maximum Gasteiger partial charge on any atom is 0.254 e. The molecular formula is C48H56F2N12O4. The predicted octanol–water partition coefficient (Wildman–Crippen LogP) is 7.84. The van der Waals surface area contributed by atoms with Gasteiger partial charge in [0, 0.05) is 92.1 Å². The number of carbonyl (C=O) groups excluding carboxylic acids is 2. The molecule has 1 N–H and O–H groups in total. The van der Waals surface area contributed by atoms with Gasteiger partial charge in [-0.25, -0.2) is 18.7 Å². The van der Waals surface area contributed by atoms with Crippen LogP contribution in [0.5, 0.6) is 11.5 Å². The van der Waals surface area contributed by atoms with Gasteiger partial charge in [-0.15, -0.1) is 0 Å². The summed E-state index contributed by atoms with van der Waals surface area (Å²) >= 11 is 0. The summed E-state index contributed by atoms with van der Waals surface area (Å²) in [5, 5.41) is 29.3. The van der Waals surface area contributed by atoms with E-state index in [1.54, 1.807) is 56.4 Å². The summed E-state index contributed by atoms with van der Waals surface area (Å²) in [4.78, 5) is 39.7. The molecular weight excluding hydrogens is 847 g/mol. The number of amides is 2. The molecule has 0 spiro atoms. The van der Waals surface area contributed by atoms with Gasteiger partial charge < -0.3 is 29.5 Å². The van der Waals surface area contributed by atoms with E-state index in [1.165, 1.54) is 72.4 Å². The highest BCUT2D eigenvalue weighted by Gasteiger charge is 2.25. The van der Waals surface area contributed by atoms with Crippen molar-refractivity contribution in [2.75, 3.05) is 45.5 Å². The molecule has 0 saturated heterocycles. The molecule has 0 aliphatic carbocycles. The standard InChI is InChI=1S/C24H27FN6O2.C23H25FN6O2.CH4/c1-15-9-22(23(27-13-15)29(3)4)33-16(2)21-10-17(25)7-8-20(21)24(32)30(5)14-18-11-19(12-26)31(6)28-18;1-14-8-21(22(26-3)27-12-14)32-15(2)20-9-16(24)6-7-19(20)23(31)29(4)13-17-10-18(11-25)30(5)28-17;/h7-11,13,16H,14H2,1-6H3;6-10,12,15H,13H2,1-5H3,(H,26,27);1H4/t16-;15-;/m11./s1/i6D3;5D3;. The number of nitrogens with zero attached hydrogens (tertiary/aromatic N) is 11. The Morgan fingerprint density at radius 3 is 1.59 bits per heavy atom. The fraction of sp³-hybridized carbons (Fsp3) is 0.333. The van der Waals surface area contributed by atoms with Crippen LogP contribution in [0.25, 0.3) is 0 Å². The number of ether oxygens (including phenoxy) is 2. The van der Waals surface area contributed by atoms with Crippen molar-refractivity contribution < 1.29 is 36.1 Å². The first-order valence-electron chi connectivity index (χ1n) is 23.0. The highest BCUT2D eigenvalue weighted by Crippen LogP contribution is 2.33. The maximum absolute atomic E-state index is 14.2. The lowest BCUT2D eigenvalue weighted by Crippen LogP contribution is -2.28. The van der Waals surface area contributed by atoms with Crippen LogP contribution in [-0.2, 0) is 27.0 Å². The highest BCUT2D eigenvalue weighted by atomic mass is 19.1. The van der Waals surface area contributed by atoms with E-state index in [0.29, 0.717) is 43.6 Å². The van der Waals surface area contributed by atoms with Gasteiger partial charge in [0.05, 0.1) is 24.5 Å². The Kier molecular flexibility index (Phi) is 14.1. The minimum absolute atomic E-state index is 0. The quantitative estimate of drug-likeness (QED) is 0.112. The number of halogens is 2. The summed E-state index contributed by atoms with van der Waals surface area (Å²) in [7, 11) is 8.37. The van der Waals surface area contributed by atoms with E-state index in [1.807, 2.05) is 34.0 Å². The second kappa shape index (κ2) is 22.2. The second-order valence-corrected chi connectivity index (χ2v) is 15.2. The molecule has 4 heterocycles. The van der Waals surface area contributed by atoms with Gasteiger partial charge in [-0.3, -0.25) is 19.0 Å². The number of pyridine rings is 2. The lowest BCUT2D eigenvalue weighted by molar-refractivity contribution is 0.0771. The zero-order valence-corrected chi connectivity index (χ0v) is 37.3. The Hall–Kier alpha value is -7.86. The fourth-order valence-corrected chi connectivity index (χ4v) is 6.63. The number of anilines is 2. The summed E-state index contributed by atoms with van der Waals surface area (Å²) in [6.07, 6.45) is 1.99. The van der Waals surface area contributed by atoms with Crippen LogP contribution < -0.4 is 19.7 Å². The highest BCUT2D eigenvalue weighted by molar-refractivity contribution is 5.96. The molecule has 0 aliphatic rings. The Bertz CT molecular complexity index is 3000. The van der Waals surface area contributed by atoms with E-state index in [0.717, 1.165) is 11.1 Å². The third kappa shape index (κ3) is 12.2. The average Bonchev–Trinajstić information content (AvgIpc) is 3.93. The minimum atomic E-state index is -2.63. The van der Waals surface area contributed by atoms with Crippen LogP contribution in [0.1, 0.15) is 107 Å². The number of aromatic nitrogens is 6. The summed E-state index contributed by atoms with van der Waals surface area (Å²) in [5.41, 5.74) is 3.02. The zero-order chi connectivity index (χ0) is 52.7. The molecule has 2 amide bonds. The van der Waals surface area contributed by atoms with Crippen LogP contribution in [0.15, 0.2) is 73.1 Å². The van der Waals surface area contributed by atoms with Gasteiger partial charge in [-0.1, -0.05) is 7.43 Å². The Morgan fingerprint density at radius 2 is 1.18 bits per heavy atom. The number of benzene rings is 2. The van der Waals surface area contributed by atoms with Crippen molar-refractivity contribution in [3.63, 3.8) is 0 Å². The molecule has 2 atom stereocenters. The van der Waals surface area contributed by atoms with Gasteiger partial charge in [0.2, 0.25) is 0 Å². The SMILES string of the molecule is C.[2H]C([2H])([2H])n1nc(CN(C)C(=O)c2ccc(F)cc2[C@@H](C)Oc2cc(C)cnc2N(C)C)cc1C#N.[2H]C([2H])([2H])n1nc(CN(C)C(=O)c2ccc(F)cc2[C@@H](C)Oc2cc(C)cnc2NC)cc1C#N. The van der Waals surface area contributed by atoms with Crippen molar-refractivity contribution >= 4 is 23.5 Å². The van der Waals surface area contributed by atoms with Crippen LogP contribution in [0.3, 0.4) is 0 Å². The maximum atomic E-state index is 14.2. The van der Waals surface area contributed by atoms with Crippen molar-refractivity contribution in [3.8, 4) is 23.6 Å². The number of rotatable bonds is 14. The molecule has 6 aromatic rings. The second-order valence-electron chi connectivity index (χ2n) is 15.2. The number of carbonyl (C=O) groups is 2. The molecule has 4 aromatic heterocycles. The molecule has 0 radical (unpaired) electrons. The van der Waals surface area contributed by atoms with Crippen molar-refractivity contribution in [2.24, 2.45) is 14.0 Å². The van der Waals surface area contributed by atoms with Crippen LogP contribution >= 0.6 is 0 Å². The third-order valence-corrected chi connectivity index (χ3v) is 9.83. The van der Waals surface area contributed by atoms with E-state index >= 15 is 0 Å². The van der Waals surface area contributed by atoms with Gasteiger partial charge in [0.1, 0.15) is 47.4 Å². The molecule has 66 heavy (non-hydrogen) atoms. The summed E-state index contributed by atoms with van der Waals surface area (Å²) < 4.78 is 86.9. The number of hydrogen-bond donors (Lipinski definition) is 1. The van der Waals surface area contributed by atoms with Gasteiger partial charge >= 0.3 is 0 Å². The van der Waals surface area contributed by atoms with Crippen LogP contribution in [0, 0.1) is 48.1 Å². The first-order chi connectivity index (χ1) is 33.2. The van der Waals surface area contributed by atoms with E-state index in [9.17, 15) is 28.9 Å². The van der Waals surface area contributed by atoms with Crippen LogP contribution in [-0.4, -0.2) is 86.4 Å². The summed E-state index contributed by atoms with van der Waals surface area (Å²) in [5.74, 6) is 0.0871. The Balaban J connectivity index is 0.000000308. The van der Waals surface area contributed by atoms with Crippen molar-refractivity contribution in [2.45, 2.75) is 60.4 Å². The molecule has 18 heteroatoms. The van der Waals surface area contributed by atoms with Crippen LogP contribution in [0.2, 0.25) is 0 Å². The van der Waals surface area contributed by atoms with E-state index in [2.05, 4.69) is 25.5 Å². The summed E-state index contributed by atoms with van der Waals surface area (Å²) in [6.45, 7) is 1.78. The molecule has 0 bridgehead atoms. The fourth-order valence-electron chi connectivity index (χ4n) is 6.63. The van der Waals surface area contributed by atoms with Gasteiger partial charge in [-0.2, -0.15) is 20.7 Å². The predicted molar refractivity (Wildman–Crippen MR) is 247 cm³/mol. The average molecular weight is 909 g/mol. The number of aryl methyl sites for hydroxylation is 4. The smallest absolute Gasteiger partial charge is 0.254 e. The molecule has 2 aromatic carbocycles. The Morgan fingerprint density at radius 1 is 0.742 bits per heavy atom. The number of nitriles is 2. The largest absolute Gasteiger partial charge is 0.482 e. The number of nitrogens with one attached hydrogen (secondary N) is 1. The third-order valence-electron chi connectivity index (χ3n) is 9.83. The molecule has 0 unspecified atom stereocenters. The normalized spacial score (nSPS) is 13.1. The minimum Gasteiger partial charge on any atom is -0.482 e. The van der Waals surface area contributed by atoms with E-state index in [4.69, 9.17) is 17.7 Å². The molecule has 0 saturated carbocycles. The van der Waals surface area contributed by atoms with Crippen molar-refractivity contribution in [1.82, 2.24) is 39.3 Å². The molecule has 6 rings (SSSR count). The Labute approximate surface area is 393 Å². The first-order valence-corrected chi connectivity index (χ1v) is 20.0. The van der Waals surface area contributed by atoms with Gasteiger partial charge in [0.25, 0.3) is 11.8 Å². The summed E-state index contributed by atoms with van der Waals surface area (Å²) in [6, 6.07) is 17.5. The number of hydrogen-bond acceptors (Lipinski definition) is 12. The monoisotopic (exact) mass is 908 g/mol. The van der Waals surface area contributed by atoms with Crippen molar-refractivity contribution in [3.05, 3.63) is 141 Å². The van der Waals surface area contributed by atoms with Crippen molar-refractivity contribution in [1.29, 1.82) is 10.5 Å². The van der Waals surface area contributed by atoms with Gasteiger partial charge in [-0.05, 0) is 99.5 Å². The van der Waals surface area contributed by atoms with Gasteiger partial charge in [0.15, 0.2) is 23.1 Å². The lowest BCUT2D eigenvalue weighted by Gasteiger charge is -2.24. The molecule has 16 nitrogen and oxygen atoms in total. The first kappa shape index (κ1) is 42.1. The molecule has 0 fully saturated rings. The lowest BCUT2D eigenvalue weighted by atomic mass is 10.0. The van der Waals surface area contributed by atoms with E-state index < -0.39 is 49.6 Å². The molecule has 0 aliphatic heterocycles. The topological polar surface area (TPSA) is 183 Å². The van der Waals surface area contributed by atoms with E-state index in [-0.39, 0.29) is 54.4 Å². The molecule has 346 valence electrons. The zero-order valence-electron chi connectivity index (χ0n) is 43.3. The van der Waals surface area contributed by atoms with Crippen LogP contribution in [0.4, 0.5) is 20.4 Å².